The summed E-state index contributed by atoms with van der Waals surface area (Å²) in [6.07, 6.45) is 0. The molecule has 0 aromatic heterocycles. The Kier molecular flexibility index (Phi) is 7.10. The van der Waals surface area contributed by atoms with E-state index in [2.05, 4.69) is 10.0 Å². The highest BCUT2D eigenvalue weighted by Gasteiger charge is 2.16. The number of sulfonamides is 1. The first-order valence-corrected chi connectivity index (χ1v) is 11.5. The molecule has 3 aromatic carbocycles. The molecule has 3 aromatic rings. The highest BCUT2D eigenvalue weighted by atomic mass is 35.5. The molecule has 1 amide bonds. The number of benzene rings is 3. The minimum Gasteiger partial charge on any atom is -0.483 e. The lowest BCUT2D eigenvalue weighted by Crippen LogP contribution is -2.20. The minimum absolute atomic E-state index is 0.0929. The number of ether oxygens (including phenoxy) is 1. The van der Waals surface area contributed by atoms with Crippen molar-refractivity contribution in [3.63, 3.8) is 0 Å². The molecule has 3 rings (SSSR count). The van der Waals surface area contributed by atoms with Crippen LogP contribution in [0, 0.1) is 13.8 Å². The van der Waals surface area contributed by atoms with Crippen LogP contribution in [0.5, 0.6) is 5.75 Å². The maximum absolute atomic E-state index is 12.6. The Morgan fingerprint density at radius 2 is 1.68 bits per heavy atom. The fourth-order valence-corrected chi connectivity index (χ4v) is 4.31. The average Bonchev–Trinajstić information content (AvgIpc) is 2.70. The van der Waals surface area contributed by atoms with Crippen LogP contribution in [-0.2, 0) is 14.8 Å². The van der Waals surface area contributed by atoms with Gasteiger partial charge in [0.05, 0.1) is 15.6 Å². The fourth-order valence-electron chi connectivity index (χ4n) is 2.71. The van der Waals surface area contributed by atoms with E-state index in [1.54, 1.807) is 31.2 Å². The summed E-state index contributed by atoms with van der Waals surface area (Å²) >= 11 is 11.9. The number of amides is 1. The van der Waals surface area contributed by atoms with Crippen LogP contribution in [0.25, 0.3) is 0 Å². The van der Waals surface area contributed by atoms with Crippen LogP contribution in [0.2, 0.25) is 10.0 Å². The molecule has 0 unspecified atom stereocenters. The summed E-state index contributed by atoms with van der Waals surface area (Å²) in [5.41, 5.74) is 2.49. The van der Waals surface area contributed by atoms with Gasteiger partial charge in [-0.3, -0.25) is 9.52 Å². The van der Waals surface area contributed by atoms with Gasteiger partial charge in [-0.1, -0.05) is 40.9 Å². The Balaban J connectivity index is 1.64. The van der Waals surface area contributed by atoms with Crippen molar-refractivity contribution in [1.29, 1.82) is 0 Å². The predicted molar refractivity (Wildman–Crippen MR) is 124 cm³/mol. The largest absolute Gasteiger partial charge is 0.483 e. The third-order valence-electron chi connectivity index (χ3n) is 4.32. The molecule has 2 N–H and O–H groups in total. The molecule has 162 valence electrons. The molecule has 0 aliphatic carbocycles. The molecule has 0 heterocycles. The van der Waals surface area contributed by atoms with Crippen LogP contribution in [0.15, 0.2) is 65.6 Å². The van der Waals surface area contributed by atoms with E-state index in [4.69, 9.17) is 27.9 Å². The zero-order valence-corrected chi connectivity index (χ0v) is 19.1. The molecule has 0 fully saturated rings. The molecule has 0 aliphatic rings. The van der Waals surface area contributed by atoms with Crippen molar-refractivity contribution in [3.8, 4) is 5.75 Å². The van der Waals surface area contributed by atoms with Gasteiger partial charge in [-0.2, -0.15) is 0 Å². The zero-order valence-electron chi connectivity index (χ0n) is 16.8. The van der Waals surface area contributed by atoms with Gasteiger partial charge in [0.25, 0.3) is 15.9 Å². The lowest BCUT2D eigenvalue weighted by molar-refractivity contribution is -0.118. The van der Waals surface area contributed by atoms with Crippen LogP contribution in [-0.4, -0.2) is 20.9 Å². The SMILES string of the molecule is Cc1ccc(NS(=O)(=O)c2ccc(OCC(=O)Nc3ccc(Cl)cc3Cl)c(C)c2)cc1. The number of rotatable bonds is 7. The molecule has 0 saturated carbocycles. The first kappa shape index (κ1) is 22.9. The van der Waals surface area contributed by atoms with E-state index in [9.17, 15) is 13.2 Å². The van der Waals surface area contributed by atoms with Crippen molar-refractivity contribution in [2.75, 3.05) is 16.6 Å². The highest BCUT2D eigenvalue weighted by molar-refractivity contribution is 7.92. The number of halogens is 2. The normalized spacial score (nSPS) is 11.1. The molecule has 0 bridgehead atoms. The number of anilines is 2. The number of hydrogen-bond acceptors (Lipinski definition) is 4. The highest BCUT2D eigenvalue weighted by Crippen LogP contribution is 2.26. The van der Waals surface area contributed by atoms with Gasteiger partial charge < -0.3 is 10.1 Å². The molecule has 31 heavy (non-hydrogen) atoms. The van der Waals surface area contributed by atoms with Gasteiger partial charge in [-0.05, 0) is 67.9 Å². The second kappa shape index (κ2) is 9.60. The predicted octanol–water partition coefficient (Wildman–Crippen LogP) is 5.43. The van der Waals surface area contributed by atoms with E-state index in [0.717, 1.165) is 5.56 Å². The summed E-state index contributed by atoms with van der Waals surface area (Å²) < 4.78 is 33.4. The van der Waals surface area contributed by atoms with Gasteiger partial charge in [0.15, 0.2) is 6.61 Å². The van der Waals surface area contributed by atoms with Gasteiger partial charge in [-0.25, -0.2) is 8.42 Å². The second-order valence-electron chi connectivity index (χ2n) is 6.86. The number of aryl methyl sites for hydroxylation is 2. The van der Waals surface area contributed by atoms with Gasteiger partial charge in [0.2, 0.25) is 0 Å². The first-order valence-electron chi connectivity index (χ1n) is 9.22. The quantitative estimate of drug-likeness (QED) is 0.474. The Hall–Kier alpha value is -2.74. The Morgan fingerprint density at radius 1 is 0.968 bits per heavy atom. The number of carbonyl (C=O) groups excluding carboxylic acids is 1. The number of carbonyl (C=O) groups is 1. The molecule has 0 spiro atoms. The topological polar surface area (TPSA) is 84.5 Å². The molecule has 6 nitrogen and oxygen atoms in total. The lowest BCUT2D eigenvalue weighted by Gasteiger charge is -2.13. The lowest BCUT2D eigenvalue weighted by atomic mass is 10.2. The standard InChI is InChI=1S/C22H20Cl2N2O4S/c1-14-3-6-17(7-4-14)26-31(28,29)18-8-10-21(15(2)11-18)30-13-22(27)25-20-9-5-16(23)12-19(20)24/h3-12,26H,13H2,1-2H3,(H,25,27). The smallest absolute Gasteiger partial charge is 0.262 e. The van der Waals surface area contributed by atoms with Crippen LogP contribution in [0.4, 0.5) is 11.4 Å². The summed E-state index contributed by atoms with van der Waals surface area (Å²) in [6.45, 7) is 3.35. The zero-order chi connectivity index (χ0) is 22.6. The summed E-state index contributed by atoms with van der Waals surface area (Å²) in [5.74, 6) is -0.0204. The van der Waals surface area contributed by atoms with Crippen LogP contribution < -0.4 is 14.8 Å². The van der Waals surface area contributed by atoms with E-state index >= 15 is 0 Å². The van der Waals surface area contributed by atoms with Gasteiger partial charge >= 0.3 is 0 Å². The fraction of sp³-hybridized carbons (Fsp3) is 0.136. The van der Waals surface area contributed by atoms with Crippen molar-refractivity contribution in [3.05, 3.63) is 81.8 Å². The average molecular weight is 479 g/mol. The maximum Gasteiger partial charge on any atom is 0.262 e. The molecular formula is C22H20Cl2N2O4S. The Labute approximate surface area is 191 Å². The van der Waals surface area contributed by atoms with Gasteiger partial charge in [-0.15, -0.1) is 0 Å². The molecule has 0 saturated heterocycles. The van der Waals surface area contributed by atoms with Crippen molar-refractivity contribution >= 4 is 50.5 Å². The Bertz CT molecular complexity index is 1210. The summed E-state index contributed by atoms with van der Waals surface area (Å²) in [6, 6.07) is 16.2. The molecule has 0 aliphatic heterocycles. The maximum atomic E-state index is 12.6. The van der Waals surface area contributed by atoms with Crippen molar-refractivity contribution < 1.29 is 17.9 Å². The molecule has 9 heteroatoms. The molecule has 0 atom stereocenters. The molecular weight excluding hydrogens is 459 g/mol. The number of nitrogens with one attached hydrogen (secondary N) is 2. The van der Waals surface area contributed by atoms with E-state index in [-0.39, 0.29) is 11.5 Å². The van der Waals surface area contributed by atoms with Gasteiger partial charge in [0, 0.05) is 10.7 Å². The van der Waals surface area contributed by atoms with Crippen molar-refractivity contribution in [2.45, 2.75) is 18.7 Å². The number of hydrogen-bond donors (Lipinski definition) is 2. The third kappa shape index (κ3) is 6.13. The van der Waals surface area contributed by atoms with E-state index in [1.165, 1.54) is 24.3 Å². The van der Waals surface area contributed by atoms with Crippen LogP contribution in [0.1, 0.15) is 11.1 Å². The van der Waals surface area contributed by atoms with E-state index < -0.39 is 15.9 Å². The molecule has 0 radical (unpaired) electrons. The second-order valence-corrected chi connectivity index (χ2v) is 9.39. The summed E-state index contributed by atoms with van der Waals surface area (Å²) in [7, 11) is -3.76. The van der Waals surface area contributed by atoms with Crippen LogP contribution in [0.3, 0.4) is 0 Å². The monoisotopic (exact) mass is 478 g/mol. The van der Waals surface area contributed by atoms with Crippen molar-refractivity contribution in [1.82, 2.24) is 0 Å². The van der Waals surface area contributed by atoms with Crippen molar-refractivity contribution in [2.24, 2.45) is 0 Å². The van der Waals surface area contributed by atoms with Gasteiger partial charge in [0.1, 0.15) is 5.75 Å². The third-order valence-corrected chi connectivity index (χ3v) is 6.25. The summed E-state index contributed by atoms with van der Waals surface area (Å²) in [4.78, 5) is 12.2. The Morgan fingerprint density at radius 3 is 2.32 bits per heavy atom. The van der Waals surface area contributed by atoms with E-state index in [1.807, 2.05) is 19.1 Å². The first-order chi connectivity index (χ1) is 14.6. The summed E-state index contributed by atoms with van der Waals surface area (Å²) in [5, 5.41) is 3.41. The minimum atomic E-state index is -3.76. The van der Waals surface area contributed by atoms with E-state index in [0.29, 0.717) is 32.7 Å². The van der Waals surface area contributed by atoms with Crippen LogP contribution >= 0.6 is 23.2 Å².